The van der Waals surface area contributed by atoms with Gasteiger partial charge in [0.15, 0.2) is 11.6 Å². The average molecular weight is 431 g/mol. The molecule has 2 rings (SSSR count). The van der Waals surface area contributed by atoms with E-state index in [2.05, 4.69) is 15.6 Å². The number of ether oxygens (including phenoxy) is 1. The van der Waals surface area contributed by atoms with Crippen LogP contribution in [0.5, 0.6) is 5.75 Å². The predicted octanol–water partition coefficient (Wildman–Crippen LogP) is 3.02. The van der Waals surface area contributed by atoms with Gasteiger partial charge in [-0.1, -0.05) is 19.1 Å². The fraction of sp³-hybridized carbons (Fsp3) is 0.474. The topological polar surface area (TPSA) is 83.5 Å². The summed E-state index contributed by atoms with van der Waals surface area (Å²) in [7, 11) is 1.53. The highest BCUT2D eigenvalue weighted by Crippen LogP contribution is 2.36. The molecule has 29 heavy (non-hydrogen) atoms. The largest absolute Gasteiger partial charge is 0.484 e. The lowest BCUT2D eigenvalue weighted by atomic mass is 10.0. The Bertz CT molecular complexity index is 809. The lowest BCUT2D eigenvalue weighted by Crippen LogP contribution is -2.25. The van der Waals surface area contributed by atoms with E-state index in [0.717, 1.165) is 5.56 Å². The number of hydrogen-bond donors (Lipinski definition) is 3. The molecule has 0 aliphatic heterocycles. The third kappa shape index (κ3) is 6.69. The molecule has 0 saturated carbocycles. The summed E-state index contributed by atoms with van der Waals surface area (Å²) in [6, 6.07) is 7.29. The van der Waals surface area contributed by atoms with E-state index in [9.17, 15) is 23.1 Å². The maximum atomic E-state index is 12.7. The summed E-state index contributed by atoms with van der Waals surface area (Å²) in [5.74, 6) is 0.460. The minimum atomic E-state index is -4.51. The lowest BCUT2D eigenvalue weighted by Gasteiger charge is -2.16. The Hall–Kier alpha value is -2.17. The van der Waals surface area contributed by atoms with Gasteiger partial charge in [-0.2, -0.15) is 13.2 Å². The Morgan fingerprint density at radius 3 is 2.48 bits per heavy atom. The van der Waals surface area contributed by atoms with Gasteiger partial charge in [-0.25, -0.2) is 4.98 Å². The number of aryl methyl sites for hydroxylation is 1. The third-order valence-electron chi connectivity index (χ3n) is 4.26. The molecule has 10 heteroatoms. The Labute approximate surface area is 171 Å². The molecular formula is C19H24F3N3O3S. The van der Waals surface area contributed by atoms with Gasteiger partial charge >= 0.3 is 6.18 Å². The number of carbonyl (C=O) groups is 1. The summed E-state index contributed by atoms with van der Waals surface area (Å²) in [6.07, 6.45) is -5.57. The van der Waals surface area contributed by atoms with Crippen molar-refractivity contribution in [3.63, 3.8) is 0 Å². The Morgan fingerprint density at radius 2 is 1.93 bits per heavy atom. The lowest BCUT2D eigenvalue weighted by molar-refractivity contribution is -0.137. The Kier molecular flexibility index (Phi) is 8.00. The molecule has 1 amide bonds. The molecule has 2 aromatic rings. The normalized spacial score (nSPS) is 13.8. The van der Waals surface area contributed by atoms with E-state index in [4.69, 9.17) is 4.74 Å². The highest BCUT2D eigenvalue weighted by Gasteiger charge is 2.36. The molecule has 1 aromatic heterocycles. The van der Waals surface area contributed by atoms with Crippen LogP contribution in [0.25, 0.3) is 0 Å². The fourth-order valence-electron chi connectivity index (χ4n) is 2.60. The first-order chi connectivity index (χ1) is 13.6. The van der Waals surface area contributed by atoms with Crippen molar-refractivity contribution in [1.82, 2.24) is 15.6 Å². The van der Waals surface area contributed by atoms with Crippen LogP contribution in [0, 0.1) is 6.92 Å². The predicted molar refractivity (Wildman–Crippen MR) is 104 cm³/mol. The van der Waals surface area contributed by atoms with Gasteiger partial charge in [-0.15, -0.1) is 11.3 Å². The van der Waals surface area contributed by atoms with Crippen LogP contribution in [0.1, 0.15) is 40.1 Å². The van der Waals surface area contributed by atoms with Gasteiger partial charge in [-0.05, 0) is 30.5 Å². The maximum absolute atomic E-state index is 12.7. The molecule has 0 spiro atoms. The van der Waals surface area contributed by atoms with E-state index in [1.807, 2.05) is 19.1 Å². The van der Waals surface area contributed by atoms with Gasteiger partial charge in [0.25, 0.3) is 5.91 Å². The van der Waals surface area contributed by atoms with Crippen molar-refractivity contribution < 1.29 is 27.8 Å². The van der Waals surface area contributed by atoms with Gasteiger partial charge in [0.1, 0.15) is 11.9 Å². The SMILES string of the molecule is CNC(=O)COc1ccc(C(C)CNCC(O)c2sc(C(F)(F)F)nc2C)cc1. The zero-order valence-corrected chi connectivity index (χ0v) is 17.2. The molecule has 0 aliphatic carbocycles. The second kappa shape index (κ2) is 10.0. The number of carbonyl (C=O) groups excluding carboxylic acids is 1. The number of amides is 1. The van der Waals surface area contributed by atoms with E-state index >= 15 is 0 Å². The first kappa shape index (κ1) is 23.1. The van der Waals surface area contributed by atoms with Crippen LogP contribution in [0.15, 0.2) is 24.3 Å². The number of aliphatic hydroxyl groups is 1. The van der Waals surface area contributed by atoms with Gasteiger partial charge < -0.3 is 20.5 Å². The molecule has 0 radical (unpaired) electrons. The van der Waals surface area contributed by atoms with E-state index in [0.29, 0.717) is 23.6 Å². The minimum absolute atomic E-state index is 0.0576. The van der Waals surface area contributed by atoms with Crippen molar-refractivity contribution in [2.75, 3.05) is 26.7 Å². The van der Waals surface area contributed by atoms with Crippen molar-refractivity contribution in [2.45, 2.75) is 32.0 Å². The molecular weight excluding hydrogens is 407 g/mol. The molecule has 160 valence electrons. The highest BCUT2D eigenvalue weighted by molar-refractivity contribution is 7.11. The number of alkyl halides is 3. The van der Waals surface area contributed by atoms with E-state index in [1.54, 1.807) is 12.1 Å². The van der Waals surface area contributed by atoms with Crippen LogP contribution >= 0.6 is 11.3 Å². The van der Waals surface area contributed by atoms with Crippen LogP contribution in [0.4, 0.5) is 13.2 Å². The maximum Gasteiger partial charge on any atom is 0.443 e. The summed E-state index contributed by atoms with van der Waals surface area (Å²) in [5.41, 5.74) is 1.21. The summed E-state index contributed by atoms with van der Waals surface area (Å²) in [6.45, 7) is 4.04. The van der Waals surface area contributed by atoms with Crippen molar-refractivity contribution in [3.05, 3.63) is 45.4 Å². The van der Waals surface area contributed by atoms with Crippen molar-refractivity contribution in [3.8, 4) is 5.75 Å². The van der Waals surface area contributed by atoms with Crippen molar-refractivity contribution in [1.29, 1.82) is 0 Å². The minimum Gasteiger partial charge on any atom is -0.484 e. The number of benzene rings is 1. The smallest absolute Gasteiger partial charge is 0.443 e. The zero-order chi connectivity index (χ0) is 21.6. The number of nitrogens with zero attached hydrogens (tertiary/aromatic N) is 1. The average Bonchev–Trinajstić information content (AvgIpc) is 3.08. The Morgan fingerprint density at radius 1 is 1.28 bits per heavy atom. The summed E-state index contributed by atoms with van der Waals surface area (Å²) >= 11 is 0.471. The first-order valence-corrected chi connectivity index (χ1v) is 9.80. The Balaban J connectivity index is 1.84. The molecule has 3 N–H and O–H groups in total. The molecule has 6 nitrogen and oxygen atoms in total. The van der Waals surface area contributed by atoms with Gasteiger partial charge in [-0.3, -0.25) is 4.79 Å². The standard InChI is InChI=1S/C19H24F3N3O3S/c1-11(13-4-6-14(7-5-13)28-10-16(27)23-3)8-24-9-15(26)17-12(2)25-18(29-17)19(20,21)22/h4-7,11,15,24,26H,8-10H2,1-3H3,(H,23,27). The number of hydrogen-bond acceptors (Lipinski definition) is 6. The summed E-state index contributed by atoms with van der Waals surface area (Å²) in [4.78, 5) is 14.9. The first-order valence-electron chi connectivity index (χ1n) is 8.98. The molecule has 0 bridgehead atoms. The van der Waals surface area contributed by atoms with E-state index in [-0.39, 0.29) is 35.5 Å². The number of aromatic nitrogens is 1. The second-order valence-electron chi connectivity index (χ2n) is 6.57. The number of rotatable bonds is 9. The quantitative estimate of drug-likeness (QED) is 0.569. The molecule has 0 fully saturated rings. The molecule has 1 aromatic carbocycles. The van der Waals surface area contributed by atoms with Gasteiger partial charge in [0, 0.05) is 20.1 Å². The fourth-order valence-corrected chi connectivity index (χ4v) is 3.52. The monoisotopic (exact) mass is 431 g/mol. The van der Waals surface area contributed by atoms with Crippen LogP contribution in [-0.4, -0.2) is 42.7 Å². The summed E-state index contributed by atoms with van der Waals surface area (Å²) in [5, 5.41) is 14.8. The number of thiazole rings is 1. The van der Waals surface area contributed by atoms with E-state index in [1.165, 1.54) is 14.0 Å². The second-order valence-corrected chi connectivity index (χ2v) is 7.60. The van der Waals surface area contributed by atoms with Crippen molar-refractivity contribution in [2.24, 2.45) is 0 Å². The molecule has 0 aliphatic rings. The van der Waals surface area contributed by atoms with Crippen LogP contribution in [0.3, 0.4) is 0 Å². The highest BCUT2D eigenvalue weighted by atomic mass is 32.1. The number of likely N-dealkylation sites (N-methyl/N-ethyl adjacent to an activating group) is 1. The van der Waals surface area contributed by atoms with Crippen LogP contribution in [0.2, 0.25) is 0 Å². The van der Waals surface area contributed by atoms with Crippen LogP contribution in [-0.2, 0) is 11.0 Å². The molecule has 2 atom stereocenters. The van der Waals surface area contributed by atoms with Gasteiger partial charge in [0.05, 0.1) is 10.6 Å². The molecule has 0 saturated heterocycles. The third-order valence-corrected chi connectivity index (χ3v) is 5.57. The van der Waals surface area contributed by atoms with Crippen molar-refractivity contribution >= 4 is 17.2 Å². The molecule has 1 heterocycles. The number of halogens is 3. The number of aliphatic hydroxyl groups excluding tert-OH is 1. The van der Waals surface area contributed by atoms with E-state index < -0.39 is 17.3 Å². The molecule has 2 unspecified atom stereocenters. The zero-order valence-electron chi connectivity index (χ0n) is 16.3. The number of nitrogens with one attached hydrogen (secondary N) is 2. The summed E-state index contributed by atoms with van der Waals surface area (Å²) < 4.78 is 43.6. The van der Waals surface area contributed by atoms with Gasteiger partial charge in [0.2, 0.25) is 0 Å². The van der Waals surface area contributed by atoms with Crippen LogP contribution < -0.4 is 15.4 Å².